The first kappa shape index (κ1) is 17.9. The summed E-state index contributed by atoms with van der Waals surface area (Å²) in [5, 5.41) is 9.17. The number of pyridine rings is 1. The maximum atomic E-state index is 13.3. The highest BCUT2D eigenvalue weighted by Gasteiger charge is 2.37. The molecule has 4 nitrogen and oxygen atoms in total. The van der Waals surface area contributed by atoms with Gasteiger partial charge in [-0.3, -0.25) is 4.79 Å². The summed E-state index contributed by atoms with van der Waals surface area (Å²) >= 11 is 0. The van der Waals surface area contributed by atoms with Gasteiger partial charge in [-0.2, -0.15) is 5.26 Å². The molecule has 3 atom stereocenters. The maximum absolute atomic E-state index is 13.3. The molecule has 2 aromatic carbocycles. The lowest BCUT2D eigenvalue weighted by Gasteiger charge is -2.40. The van der Waals surface area contributed by atoms with Crippen LogP contribution in [-0.4, -0.2) is 17.7 Å². The minimum atomic E-state index is 0.0822. The molecule has 144 valence electrons. The zero-order valence-corrected chi connectivity index (χ0v) is 16.3. The number of quaternary nitrogens is 1. The summed E-state index contributed by atoms with van der Waals surface area (Å²) in [5.41, 5.74) is 4.75. The number of nitrogens with zero attached hydrogens (tertiary/aromatic N) is 2. The first-order chi connectivity index (χ1) is 14.2. The Labute approximate surface area is 170 Å². The van der Waals surface area contributed by atoms with Crippen LogP contribution in [0.4, 0.5) is 0 Å². The second-order valence-corrected chi connectivity index (χ2v) is 8.40. The lowest BCUT2D eigenvalue weighted by Crippen LogP contribution is -3.13. The quantitative estimate of drug-likeness (QED) is 0.757. The van der Waals surface area contributed by atoms with Crippen LogP contribution < -0.4 is 10.5 Å². The van der Waals surface area contributed by atoms with Crippen LogP contribution in [0, 0.1) is 17.2 Å². The molecule has 1 fully saturated rings. The molecule has 0 radical (unpaired) electrons. The number of hydrogen-bond acceptors (Lipinski definition) is 2. The van der Waals surface area contributed by atoms with Gasteiger partial charge in [0, 0.05) is 35.2 Å². The normalized spacial score (nSPS) is 22.5. The van der Waals surface area contributed by atoms with Gasteiger partial charge in [-0.15, -0.1) is 0 Å². The van der Waals surface area contributed by atoms with Crippen LogP contribution in [-0.2, 0) is 13.1 Å². The zero-order valence-electron chi connectivity index (χ0n) is 16.3. The standard InChI is InChI=1S/C25H23N3O/c26-13-19-7-4-8-21(11-19)23-9-10-24-22-12-20(16-28(24)25(23)29)15-27(17-22)14-18-5-2-1-3-6-18/h1-11,20,22H,12,14-17H2/p+1/t20-,22+/m0/s1. The number of aromatic nitrogens is 1. The zero-order chi connectivity index (χ0) is 19.8. The molecule has 0 aliphatic carbocycles. The number of rotatable bonds is 3. The van der Waals surface area contributed by atoms with Crippen LogP contribution in [0.15, 0.2) is 71.5 Å². The molecule has 1 aromatic heterocycles. The Morgan fingerprint density at radius 3 is 2.72 bits per heavy atom. The number of likely N-dealkylation sites (tertiary alicyclic amines) is 1. The molecular weight excluding hydrogens is 358 g/mol. The molecule has 0 spiro atoms. The number of benzene rings is 2. The third kappa shape index (κ3) is 3.39. The molecule has 29 heavy (non-hydrogen) atoms. The predicted octanol–water partition coefficient (Wildman–Crippen LogP) is 2.59. The first-order valence-electron chi connectivity index (χ1n) is 10.3. The van der Waals surface area contributed by atoms with Crippen molar-refractivity contribution in [2.75, 3.05) is 13.1 Å². The molecular formula is C25H24N3O+. The third-order valence-electron chi connectivity index (χ3n) is 6.40. The van der Waals surface area contributed by atoms with Gasteiger partial charge in [0.15, 0.2) is 0 Å². The summed E-state index contributed by atoms with van der Waals surface area (Å²) < 4.78 is 2.01. The summed E-state index contributed by atoms with van der Waals surface area (Å²) in [6, 6.07) is 24.3. The van der Waals surface area contributed by atoms with Gasteiger partial charge in [0.05, 0.1) is 24.7 Å². The molecule has 3 aromatic rings. The molecule has 2 aliphatic rings. The van der Waals surface area contributed by atoms with Crippen molar-refractivity contribution >= 4 is 0 Å². The van der Waals surface area contributed by atoms with Crippen LogP contribution in [0.25, 0.3) is 11.1 Å². The van der Waals surface area contributed by atoms with Gasteiger partial charge in [-0.1, -0.05) is 42.5 Å². The van der Waals surface area contributed by atoms with E-state index in [1.54, 1.807) is 17.0 Å². The number of hydrogen-bond donors (Lipinski definition) is 1. The van der Waals surface area contributed by atoms with Gasteiger partial charge in [-0.05, 0) is 36.2 Å². The van der Waals surface area contributed by atoms with Gasteiger partial charge in [-0.25, -0.2) is 0 Å². The minimum absolute atomic E-state index is 0.0822. The molecule has 0 amide bonds. The molecule has 1 N–H and O–H groups in total. The van der Waals surface area contributed by atoms with E-state index < -0.39 is 0 Å². The van der Waals surface area contributed by atoms with E-state index in [1.807, 2.05) is 22.8 Å². The second kappa shape index (κ2) is 7.35. The average molecular weight is 382 g/mol. The van der Waals surface area contributed by atoms with Crippen molar-refractivity contribution in [1.29, 1.82) is 5.26 Å². The third-order valence-corrected chi connectivity index (χ3v) is 6.40. The van der Waals surface area contributed by atoms with E-state index in [4.69, 9.17) is 0 Å². The van der Waals surface area contributed by atoms with E-state index in [9.17, 15) is 10.1 Å². The maximum Gasteiger partial charge on any atom is 0.258 e. The summed E-state index contributed by atoms with van der Waals surface area (Å²) in [7, 11) is 0. The Morgan fingerprint density at radius 1 is 1.03 bits per heavy atom. The highest BCUT2D eigenvalue weighted by atomic mass is 16.1. The van der Waals surface area contributed by atoms with Crippen molar-refractivity contribution in [3.63, 3.8) is 0 Å². The lowest BCUT2D eigenvalue weighted by atomic mass is 9.82. The van der Waals surface area contributed by atoms with Crippen LogP contribution in [0.2, 0.25) is 0 Å². The van der Waals surface area contributed by atoms with Crippen LogP contribution in [0.5, 0.6) is 0 Å². The topological polar surface area (TPSA) is 50.2 Å². The molecule has 0 saturated carbocycles. The fraction of sp³-hybridized carbons (Fsp3) is 0.280. The fourth-order valence-corrected chi connectivity index (χ4v) is 5.17. The predicted molar refractivity (Wildman–Crippen MR) is 113 cm³/mol. The monoisotopic (exact) mass is 382 g/mol. The summed E-state index contributed by atoms with van der Waals surface area (Å²) in [6.45, 7) is 4.05. The Bertz CT molecular complexity index is 1140. The van der Waals surface area contributed by atoms with E-state index in [0.717, 1.165) is 31.7 Å². The Morgan fingerprint density at radius 2 is 1.90 bits per heavy atom. The Hall–Kier alpha value is -3.16. The Balaban J connectivity index is 1.45. The highest BCUT2D eigenvalue weighted by molar-refractivity contribution is 5.64. The van der Waals surface area contributed by atoms with E-state index in [0.29, 0.717) is 23.0 Å². The Kier molecular flexibility index (Phi) is 4.54. The number of nitrogens with one attached hydrogen (secondary N) is 1. The van der Waals surface area contributed by atoms with Gasteiger partial charge in [0.25, 0.3) is 5.56 Å². The molecule has 3 heterocycles. The summed E-state index contributed by atoms with van der Waals surface area (Å²) in [4.78, 5) is 14.9. The van der Waals surface area contributed by atoms with Gasteiger partial charge in [0.1, 0.15) is 6.54 Å². The van der Waals surface area contributed by atoms with E-state index in [1.165, 1.54) is 17.7 Å². The van der Waals surface area contributed by atoms with Crippen molar-refractivity contribution in [1.82, 2.24) is 4.57 Å². The summed E-state index contributed by atoms with van der Waals surface area (Å²) in [5.74, 6) is 0.978. The number of piperidine rings is 1. The molecule has 1 saturated heterocycles. The van der Waals surface area contributed by atoms with E-state index in [2.05, 4.69) is 42.5 Å². The largest absolute Gasteiger partial charge is 0.330 e. The second-order valence-electron chi connectivity index (χ2n) is 8.40. The van der Waals surface area contributed by atoms with Crippen molar-refractivity contribution in [3.8, 4) is 17.2 Å². The fourth-order valence-electron chi connectivity index (χ4n) is 5.17. The smallest absolute Gasteiger partial charge is 0.258 e. The van der Waals surface area contributed by atoms with Crippen molar-refractivity contribution in [2.45, 2.75) is 25.4 Å². The number of nitriles is 1. The van der Waals surface area contributed by atoms with Crippen LogP contribution in [0.3, 0.4) is 0 Å². The summed E-state index contributed by atoms with van der Waals surface area (Å²) in [6.07, 6.45) is 1.18. The average Bonchev–Trinajstić information content (AvgIpc) is 2.75. The minimum Gasteiger partial charge on any atom is -0.330 e. The van der Waals surface area contributed by atoms with Crippen molar-refractivity contribution < 1.29 is 4.90 Å². The molecule has 5 rings (SSSR count). The molecule has 2 bridgehead atoms. The molecule has 2 aliphatic heterocycles. The first-order valence-corrected chi connectivity index (χ1v) is 10.3. The van der Waals surface area contributed by atoms with Crippen LogP contribution >= 0.6 is 0 Å². The molecule has 4 heteroatoms. The van der Waals surface area contributed by atoms with Crippen molar-refractivity contribution in [3.05, 3.63) is 93.9 Å². The van der Waals surface area contributed by atoms with E-state index in [-0.39, 0.29) is 5.56 Å². The molecule has 1 unspecified atom stereocenters. The SMILES string of the molecule is N#Cc1cccc(-c2ccc3n(c2=O)C[C@H]2C[C@@H]3C[NH+](Cc3ccccc3)C2)c1. The van der Waals surface area contributed by atoms with Crippen LogP contribution in [0.1, 0.15) is 29.2 Å². The highest BCUT2D eigenvalue weighted by Crippen LogP contribution is 2.31. The van der Waals surface area contributed by atoms with Gasteiger partial charge < -0.3 is 9.47 Å². The van der Waals surface area contributed by atoms with E-state index >= 15 is 0 Å². The lowest BCUT2D eigenvalue weighted by molar-refractivity contribution is -0.924. The van der Waals surface area contributed by atoms with Crippen molar-refractivity contribution in [2.24, 2.45) is 5.92 Å². The number of fused-ring (bicyclic) bond motifs is 4. The van der Waals surface area contributed by atoms with Gasteiger partial charge in [0.2, 0.25) is 0 Å². The van der Waals surface area contributed by atoms with Gasteiger partial charge >= 0.3 is 0 Å².